The quantitative estimate of drug-likeness (QED) is 0.709. The Hall–Kier alpha value is -1.14. The number of hydrogen-bond acceptors (Lipinski definition) is 5. The molecule has 3 atom stereocenters. The monoisotopic (exact) mass is 270 g/mol. The van der Waals surface area contributed by atoms with E-state index in [1.807, 2.05) is 20.8 Å². The smallest absolute Gasteiger partial charge is 0.337 e. The number of amides is 1. The van der Waals surface area contributed by atoms with Crippen LogP contribution in [-0.2, 0) is 19.2 Å². The highest BCUT2D eigenvalue weighted by Crippen LogP contribution is 2.42. The first kappa shape index (κ1) is 14.3. The van der Waals surface area contributed by atoms with Gasteiger partial charge in [0.1, 0.15) is 11.7 Å². The van der Waals surface area contributed by atoms with Crippen molar-refractivity contribution in [3.63, 3.8) is 0 Å². The summed E-state index contributed by atoms with van der Waals surface area (Å²) in [7, 11) is 1.78. The molecule has 0 bridgehead atoms. The third-order valence-corrected chi connectivity index (χ3v) is 4.35. The van der Waals surface area contributed by atoms with Gasteiger partial charge in [-0.2, -0.15) is 0 Å². The second-order valence-corrected chi connectivity index (χ2v) is 5.57. The van der Waals surface area contributed by atoms with Gasteiger partial charge in [-0.15, -0.1) is 5.06 Å². The Bertz CT molecular complexity index is 398. The number of carbonyl (C=O) groups excluding carboxylic acids is 2. The highest BCUT2D eigenvalue weighted by atomic mass is 16.7. The molecule has 0 spiro atoms. The van der Waals surface area contributed by atoms with Crippen LogP contribution in [0.25, 0.3) is 0 Å². The molecule has 0 aromatic carbocycles. The van der Waals surface area contributed by atoms with Gasteiger partial charge in [-0.05, 0) is 19.8 Å². The largest absolute Gasteiger partial charge is 0.464 e. The maximum atomic E-state index is 12.3. The molecule has 108 valence electrons. The lowest BCUT2D eigenvalue weighted by molar-refractivity contribution is -0.240. The van der Waals surface area contributed by atoms with Gasteiger partial charge >= 0.3 is 5.97 Å². The predicted octanol–water partition coefficient (Wildman–Crippen LogP) is 0.768. The van der Waals surface area contributed by atoms with Crippen molar-refractivity contribution >= 4 is 11.9 Å². The van der Waals surface area contributed by atoms with E-state index in [1.165, 1.54) is 0 Å². The maximum Gasteiger partial charge on any atom is 0.337 e. The normalized spacial score (nSPS) is 35.1. The van der Waals surface area contributed by atoms with E-state index in [2.05, 4.69) is 0 Å². The Morgan fingerprint density at radius 3 is 2.74 bits per heavy atom. The lowest BCUT2D eigenvalue weighted by atomic mass is 9.97. The molecule has 6 nitrogen and oxygen atoms in total. The first-order valence-electron chi connectivity index (χ1n) is 6.74. The minimum absolute atomic E-state index is 0.00278. The Balaban J connectivity index is 2.21. The van der Waals surface area contributed by atoms with Crippen LogP contribution in [0.15, 0.2) is 0 Å². The molecule has 6 heteroatoms. The fourth-order valence-electron chi connectivity index (χ4n) is 2.79. The molecule has 2 saturated heterocycles. The van der Waals surface area contributed by atoms with E-state index >= 15 is 0 Å². The lowest BCUT2D eigenvalue weighted by Crippen LogP contribution is -2.54. The zero-order chi connectivity index (χ0) is 14.4. The standard InChI is InChI=1S/C13H22N2O4/c1-6-18-12(17)10-7-9-11(16)14(5)13(4,8(2)3)15(9)19-10/h8-10H,6-7H2,1-5H3/t9-,10-,13-/m0/s1. The van der Waals surface area contributed by atoms with Crippen LogP contribution in [0.3, 0.4) is 0 Å². The Morgan fingerprint density at radius 2 is 2.21 bits per heavy atom. The first-order chi connectivity index (χ1) is 8.83. The summed E-state index contributed by atoms with van der Waals surface area (Å²) >= 11 is 0. The molecule has 2 rings (SSSR count). The summed E-state index contributed by atoms with van der Waals surface area (Å²) < 4.78 is 4.97. The van der Waals surface area contributed by atoms with E-state index in [9.17, 15) is 9.59 Å². The van der Waals surface area contributed by atoms with Gasteiger partial charge in [0.15, 0.2) is 6.10 Å². The van der Waals surface area contributed by atoms with Gasteiger partial charge in [0, 0.05) is 13.5 Å². The van der Waals surface area contributed by atoms with Crippen LogP contribution in [0.2, 0.25) is 0 Å². The number of esters is 1. The van der Waals surface area contributed by atoms with Crippen molar-refractivity contribution in [3.8, 4) is 0 Å². The Morgan fingerprint density at radius 1 is 1.58 bits per heavy atom. The van der Waals surface area contributed by atoms with Gasteiger partial charge in [-0.1, -0.05) is 13.8 Å². The summed E-state index contributed by atoms with van der Waals surface area (Å²) in [6.45, 7) is 8.10. The van der Waals surface area contributed by atoms with Crippen LogP contribution in [0.5, 0.6) is 0 Å². The number of ether oxygens (including phenoxy) is 1. The predicted molar refractivity (Wildman–Crippen MR) is 67.8 cm³/mol. The van der Waals surface area contributed by atoms with Gasteiger partial charge in [0.2, 0.25) is 5.91 Å². The van der Waals surface area contributed by atoms with Crippen molar-refractivity contribution in [2.24, 2.45) is 5.92 Å². The van der Waals surface area contributed by atoms with Crippen LogP contribution in [0.4, 0.5) is 0 Å². The van der Waals surface area contributed by atoms with E-state index in [4.69, 9.17) is 9.57 Å². The molecular formula is C13H22N2O4. The van der Waals surface area contributed by atoms with E-state index < -0.39 is 17.7 Å². The zero-order valence-electron chi connectivity index (χ0n) is 12.2. The molecule has 2 fully saturated rings. The third-order valence-electron chi connectivity index (χ3n) is 4.35. The third kappa shape index (κ3) is 1.94. The summed E-state index contributed by atoms with van der Waals surface area (Å²) in [6.07, 6.45) is -0.301. The summed E-state index contributed by atoms with van der Waals surface area (Å²) in [5, 5.41) is 1.68. The molecule has 19 heavy (non-hydrogen) atoms. The van der Waals surface area contributed by atoms with Crippen LogP contribution >= 0.6 is 0 Å². The number of hydrogen-bond donors (Lipinski definition) is 0. The van der Waals surface area contributed by atoms with Crippen molar-refractivity contribution in [2.75, 3.05) is 13.7 Å². The molecule has 0 aliphatic carbocycles. The highest BCUT2D eigenvalue weighted by Gasteiger charge is 2.60. The Kier molecular flexibility index (Phi) is 3.57. The molecule has 1 amide bonds. The molecule has 2 aliphatic rings. The van der Waals surface area contributed by atoms with Gasteiger partial charge in [-0.3, -0.25) is 9.63 Å². The Labute approximate surface area is 113 Å². The minimum Gasteiger partial charge on any atom is -0.464 e. The summed E-state index contributed by atoms with van der Waals surface area (Å²) in [4.78, 5) is 31.5. The average molecular weight is 270 g/mol. The van der Waals surface area contributed by atoms with Crippen molar-refractivity contribution < 1.29 is 19.2 Å². The van der Waals surface area contributed by atoms with Crippen molar-refractivity contribution in [2.45, 2.75) is 51.9 Å². The number of fused-ring (bicyclic) bond motifs is 1. The summed E-state index contributed by atoms with van der Waals surface area (Å²) in [5.41, 5.74) is -0.525. The van der Waals surface area contributed by atoms with Crippen molar-refractivity contribution in [1.82, 2.24) is 9.96 Å². The number of nitrogens with zero attached hydrogens (tertiary/aromatic N) is 2. The maximum absolute atomic E-state index is 12.3. The molecule has 0 aromatic heterocycles. The van der Waals surface area contributed by atoms with E-state index in [-0.39, 0.29) is 17.9 Å². The fraction of sp³-hybridized carbons (Fsp3) is 0.846. The molecule has 0 saturated carbocycles. The average Bonchev–Trinajstić information content (AvgIpc) is 2.87. The molecule has 0 aromatic rings. The van der Waals surface area contributed by atoms with Gasteiger partial charge in [0.05, 0.1) is 6.61 Å². The second-order valence-electron chi connectivity index (χ2n) is 5.57. The number of likely N-dealkylation sites (N-methyl/N-ethyl adjacent to an activating group) is 1. The molecular weight excluding hydrogens is 248 g/mol. The van der Waals surface area contributed by atoms with Crippen LogP contribution in [-0.4, -0.2) is 53.3 Å². The number of hydroxylamine groups is 2. The highest BCUT2D eigenvalue weighted by molar-refractivity contribution is 5.86. The van der Waals surface area contributed by atoms with Gasteiger partial charge < -0.3 is 9.64 Å². The van der Waals surface area contributed by atoms with E-state index in [1.54, 1.807) is 23.9 Å². The molecule has 0 radical (unpaired) electrons. The van der Waals surface area contributed by atoms with Crippen LogP contribution < -0.4 is 0 Å². The summed E-state index contributed by atoms with van der Waals surface area (Å²) in [5.74, 6) is -0.200. The van der Waals surface area contributed by atoms with Crippen molar-refractivity contribution in [3.05, 3.63) is 0 Å². The second kappa shape index (κ2) is 4.76. The first-order valence-corrected chi connectivity index (χ1v) is 6.74. The number of carbonyl (C=O) groups is 2. The topological polar surface area (TPSA) is 59.1 Å². The zero-order valence-corrected chi connectivity index (χ0v) is 12.2. The number of rotatable bonds is 3. The van der Waals surface area contributed by atoms with Crippen LogP contribution in [0.1, 0.15) is 34.1 Å². The summed E-state index contributed by atoms with van der Waals surface area (Å²) in [6, 6.07) is -0.383. The lowest BCUT2D eigenvalue weighted by Gasteiger charge is -2.41. The SMILES string of the molecule is CCOC(=O)[C@@H]1C[C@H]2C(=O)N(C)[C@](C)(C(C)C)N2O1. The molecule has 2 heterocycles. The molecule has 2 aliphatic heterocycles. The minimum atomic E-state index is -0.666. The fourth-order valence-corrected chi connectivity index (χ4v) is 2.79. The van der Waals surface area contributed by atoms with Crippen molar-refractivity contribution in [1.29, 1.82) is 0 Å². The molecule has 0 unspecified atom stereocenters. The van der Waals surface area contributed by atoms with Gasteiger partial charge in [0.25, 0.3) is 0 Å². The van der Waals surface area contributed by atoms with E-state index in [0.29, 0.717) is 13.0 Å². The van der Waals surface area contributed by atoms with Gasteiger partial charge in [-0.25, -0.2) is 4.79 Å². The van der Waals surface area contributed by atoms with Crippen LogP contribution in [0, 0.1) is 5.92 Å². The van der Waals surface area contributed by atoms with E-state index in [0.717, 1.165) is 0 Å². The molecule has 0 N–H and O–H groups in total.